The summed E-state index contributed by atoms with van der Waals surface area (Å²) >= 11 is 0. The third kappa shape index (κ3) is 4.86. The van der Waals surface area contributed by atoms with Crippen molar-refractivity contribution in [2.75, 3.05) is 0 Å². The Balaban J connectivity index is 0.993. The van der Waals surface area contributed by atoms with Crippen LogP contribution >= 0.6 is 10.0 Å². The molecule has 1 atom stereocenters. The molecule has 0 amide bonds. The highest BCUT2D eigenvalue weighted by atomic mass is 32.3. The molecular formula is C72H45BS. The van der Waals surface area contributed by atoms with Gasteiger partial charge in [-0.3, -0.25) is 0 Å². The van der Waals surface area contributed by atoms with Gasteiger partial charge in [-0.15, -0.1) is 10.0 Å². The zero-order valence-corrected chi connectivity index (χ0v) is 41.4. The summed E-state index contributed by atoms with van der Waals surface area (Å²) < 4.78 is 0. The molecule has 342 valence electrons. The predicted octanol–water partition coefficient (Wildman–Crippen LogP) is 15.2. The molecule has 0 radical (unpaired) electrons. The molecular weight excluding hydrogens is 908 g/mol. The van der Waals surface area contributed by atoms with Gasteiger partial charge in [0, 0.05) is 4.90 Å². The summed E-state index contributed by atoms with van der Waals surface area (Å²) in [4.78, 5) is 2.64. The number of allylic oxidation sites excluding steroid dienone is 6. The molecule has 1 unspecified atom stereocenters. The van der Waals surface area contributed by atoms with E-state index in [1.54, 1.807) is 0 Å². The number of benzene rings is 9. The quantitative estimate of drug-likeness (QED) is 0.155. The van der Waals surface area contributed by atoms with E-state index in [1.165, 1.54) is 137 Å². The van der Waals surface area contributed by atoms with E-state index >= 15 is 0 Å². The van der Waals surface area contributed by atoms with Crippen LogP contribution in [0, 0.1) is 12.1 Å². The second-order valence-electron chi connectivity index (χ2n) is 21.1. The Morgan fingerprint density at radius 3 is 1.53 bits per heavy atom. The van der Waals surface area contributed by atoms with Crippen LogP contribution in [0.25, 0.3) is 50.1 Å². The van der Waals surface area contributed by atoms with Gasteiger partial charge in [0.2, 0.25) is 6.71 Å². The number of rotatable bonds is 3. The Bertz CT molecular complexity index is 4140. The molecule has 17 rings (SSSR count). The first-order chi connectivity index (χ1) is 36.7. The number of fused-ring (bicyclic) bond motifs is 23. The van der Waals surface area contributed by atoms with Gasteiger partial charge in [0.15, 0.2) is 0 Å². The molecule has 7 aliphatic rings. The molecule has 0 nitrogen and oxygen atoms in total. The molecule has 10 aromatic carbocycles. The van der Waals surface area contributed by atoms with Crippen molar-refractivity contribution in [1.29, 1.82) is 0 Å². The Kier molecular flexibility index (Phi) is 8.17. The van der Waals surface area contributed by atoms with Gasteiger partial charge in [0.05, 0.1) is 10.8 Å². The molecule has 0 aromatic heterocycles. The number of hydrogen-bond acceptors (Lipinski definition) is 0. The van der Waals surface area contributed by atoms with E-state index in [0.29, 0.717) is 0 Å². The zero-order chi connectivity index (χ0) is 48.3. The summed E-state index contributed by atoms with van der Waals surface area (Å²) in [6.07, 6.45) is 6.94. The Morgan fingerprint density at radius 1 is 0.405 bits per heavy atom. The normalized spacial score (nSPS) is 17.5. The molecule has 2 aliphatic heterocycles. The average Bonchev–Trinajstić information content (AvgIpc) is 4.40. The molecule has 2 heterocycles. The SMILES string of the molecule is c1ccc2c(c#1)S1(C=C(c3cccc4c3C3=C(C=CCC3)C43c4ccccc4-c4ccccc43)C(c3cccc4c3-c3ccccc3C43c4ccccc4-c4ccccc43)=C1)c1ccccc1B2c1ccccc1. The zero-order valence-electron chi connectivity index (χ0n) is 40.6. The van der Waals surface area contributed by atoms with Crippen LogP contribution in [-0.2, 0) is 10.8 Å². The lowest BCUT2D eigenvalue weighted by Crippen LogP contribution is -2.56. The van der Waals surface area contributed by atoms with Crippen molar-refractivity contribution in [3.8, 4) is 33.4 Å². The Hall–Kier alpha value is -8.61. The fourth-order valence-corrected chi connectivity index (χ4v) is 19.1. The topological polar surface area (TPSA) is 0 Å². The van der Waals surface area contributed by atoms with Crippen LogP contribution in [-0.4, -0.2) is 6.71 Å². The van der Waals surface area contributed by atoms with Gasteiger partial charge in [-0.2, -0.15) is 0 Å². The van der Waals surface area contributed by atoms with Crippen LogP contribution in [0.2, 0.25) is 0 Å². The summed E-state index contributed by atoms with van der Waals surface area (Å²) in [6, 6.07) is 93.1. The first-order valence-electron chi connectivity index (χ1n) is 26.2. The lowest BCUT2D eigenvalue weighted by Gasteiger charge is -2.41. The second-order valence-corrected chi connectivity index (χ2v) is 23.8. The molecule has 0 saturated heterocycles. The van der Waals surface area contributed by atoms with Gasteiger partial charge < -0.3 is 0 Å². The maximum Gasteiger partial charge on any atom is 0.244 e. The minimum atomic E-state index is -2.05. The third-order valence-electron chi connectivity index (χ3n) is 18.0. The first-order valence-corrected chi connectivity index (χ1v) is 28.0. The fourth-order valence-electron chi connectivity index (χ4n) is 15.4. The minimum Gasteiger partial charge on any atom is -0.138 e. The van der Waals surface area contributed by atoms with Crippen molar-refractivity contribution in [3.63, 3.8) is 0 Å². The highest BCUT2D eigenvalue weighted by Crippen LogP contribution is 2.74. The smallest absolute Gasteiger partial charge is 0.138 e. The Morgan fingerprint density at radius 2 is 0.892 bits per heavy atom. The van der Waals surface area contributed by atoms with E-state index in [4.69, 9.17) is 0 Å². The predicted molar refractivity (Wildman–Crippen MR) is 308 cm³/mol. The van der Waals surface area contributed by atoms with Gasteiger partial charge in [-0.25, -0.2) is 0 Å². The molecule has 2 heteroatoms. The molecule has 0 fully saturated rings. The highest BCUT2D eigenvalue weighted by Gasteiger charge is 2.55. The van der Waals surface area contributed by atoms with E-state index < -0.39 is 20.9 Å². The summed E-state index contributed by atoms with van der Waals surface area (Å²) in [5.74, 6) is 0. The molecule has 0 N–H and O–H groups in total. The van der Waals surface area contributed by atoms with Crippen LogP contribution in [0.3, 0.4) is 0 Å². The van der Waals surface area contributed by atoms with E-state index in [1.807, 2.05) is 0 Å². The summed E-state index contributed by atoms with van der Waals surface area (Å²) in [7, 11) is -2.05. The summed E-state index contributed by atoms with van der Waals surface area (Å²) in [5.41, 5.74) is 30.3. The van der Waals surface area contributed by atoms with Crippen molar-refractivity contribution in [2.24, 2.45) is 0 Å². The minimum absolute atomic E-state index is 0.0703. The van der Waals surface area contributed by atoms with Crippen molar-refractivity contribution >= 4 is 49.8 Å². The highest BCUT2D eigenvalue weighted by molar-refractivity contribution is 8.39. The van der Waals surface area contributed by atoms with Crippen molar-refractivity contribution < 1.29 is 0 Å². The molecule has 0 bridgehead atoms. The molecule has 5 aliphatic carbocycles. The van der Waals surface area contributed by atoms with Gasteiger partial charge in [-0.05, 0) is 157 Å². The first kappa shape index (κ1) is 40.9. The summed E-state index contributed by atoms with van der Waals surface area (Å²) in [6.45, 7) is 0.0703. The third-order valence-corrected chi connectivity index (χ3v) is 21.3. The van der Waals surface area contributed by atoms with Crippen molar-refractivity contribution in [1.82, 2.24) is 0 Å². The average molecular weight is 953 g/mol. The summed E-state index contributed by atoms with van der Waals surface area (Å²) in [5, 5.41) is 5.49. The van der Waals surface area contributed by atoms with Crippen LogP contribution in [0.4, 0.5) is 0 Å². The van der Waals surface area contributed by atoms with Gasteiger partial charge in [0.25, 0.3) is 0 Å². The van der Waals surface area contributed by atoms with E-state index in [2.05, 4.69) is 260 Å². The van der Waals surface area contributed by atoms with Crippen molar-refractivity contribution in [3.05, 3.63) is 321 Å². The lowest BCUT2D eigenvalue weighted by atomic mass is 9.36. The molecule has 3 spiro atoms. The maximum absolute atomic E-state index is 3.90. The standard InChI is InChI=1S/C72H45BS/c1-2-22-46(23-3-1)73-65-40-16-18-42-67(65)74(68-43-19-17-41-66(68)73)44-55(51-30-20-38-63-69(51)53-28-8-14-36-61(53)71(63)57-32-10-4-24-47(57)48-25-5-11-33-58(48)71)56(45-74)52-31-21-39-64-70(52)54-29-9-15-37-62(54)72(64)59-34-12-6-26-49(59)50-27-7-13-35-60(50)72/h1-8,10-18,20-28,30-42,44-45H,9,29H2. The monoisotopic (exact) mass is 952 g/mol. The largest absolute Gasteiger partial charge is 0.244 e. The van der Waals surface area contributed by atoms with Gasteiger partial charge in [0.1, 0.15) is 0 Å². The van der Waals surface area contributed by atoms with Crippen LogP contribution in [0.15, 0.2) is 263 Å². The lowest BCUT2D eigenvalue weighted by molar-refractivity contribution is 0.780. The van der Waals surface area contributed by atoms with E-state index in [-0.39, 0.29) is 6.71 Å². The van der Waals surface area contributed by atoms with Gasteiger partial charge in [-0.1, -0.05) is 248 Å². The second kappa shape index (κ2) is 14.8. The molecule has 74 heavy (non-hydrogen) atoms. The van der Waals surface area contributed by atoms with Crippen LogP contribution < -0.4 is 16.4 Å². The van der Waals surface area contributed by atoms with E-state index in [0.717, 1.165) is 12.8 Å². The fraction of sp³-hybridized carbons (Fsp3) is 0.0556. The van der Waals surface area contributed by atoms with Crippen LogP contribution in [0.1, 0.15) is 68.5 Å². The van der Waals surface area contributed by atoms with Crippen molar-refractivity contribution in [2.45, 2.75) is 33.5 Å². The van der Waals surface area contributed by atoms with Gasteiger partial charge >= 0.3 is 0 Å². The van der Waals surface area contributed by atoms with Crippen LogP contribution in [0.5, 0.6) is 0 Å². The van der Waals surface area contributed by atoms with E-state index in [9.17, 15) is 0 Å². The molecule has 0 saturated carbocycles. The Labute approximate surface area is 434 Å². The number of hydrogen-bond donors (Lipinski definition) is 0. The molecule has 10 aromatic rings. The maximum atomic E-state index is 3.90.